The van der Waals surface area contributed by atoms with E-state index in [4.69, 9.17) is 9.47 Å². The molecule has 1 aromatic rings. The fraction of sp³-hybridized carbons (Fsp3) is 0.444. The van der Waals surface area contributed by atoms with Crippen LogP contribution in [0.1, 0.15) is 37.2 Å². The Bertz CT molecular complexity index is 753. The number of hydrazine groups is 1. The van der Waals surface area contributed by atoms with Gasteiger partial charge in [0.15, 0.2) is 17.3 Å². The van der Waals surface area contributed by atoms with E-state index in [1.54, 1.807) is 10.0 Å². The van der Waals surface area contributed by atoms with E-state index in [0.717, 1.165) is 29.7 Å². The molecule has 1 aromatic carbocycles. The first-order valence-corrected chi connectivity index (χ1v) is 8.22. The second kappa shape index (κ2) is 5.63. The zero-order valence-corrected chi connectivity index (χ0v) is 13.9. The standard InChI is InChI=1S/C18H20N2O4/c1-19(2)20-13-4-3-5-14(21)18(13)12(9-17(20)22)11-6-7-15-16(8-11)24-10-23-15/h6-8,12H,3-5,9-10H2,1-2H3/t12-/m0/s1. The maximum atomic E-state index is 12.7. The van der Waals surface area contributed by atoms with Crippen LogP contribution in [0, 0.1) is 0 Å². The molecule has 0 N–H and O–H groups in total. The first-order valence-electron chi connectivity index (χ1n) is 8.22. The fourth-order valence-corrected chi connectivity index (χ4v) is 3.85. The van der Waals surface area contributed by atoms with Crippen LogP contribution < -0.4 is 9.47 Å². The van der Waals surface area contributed by atoms with Gasteiger partial charge in [-0.05, 0) is 30.5 Å². The number of amides is 1. The molecule has 0 radical (unpaired) electrons. The van der Waals surface area contributed by atoms with Crippen molar-refractivity contribution in [2.45, 2.75) is 31.6 Å². The van der Waals surface area contributed by atoms with E-state index in [-0.39, 0.29) is 24.4 Å². The normalized spacial score (nSPS) is 23.1. The van der Waals surface area contributed by atoms with Gasteiger partial charge in [-0.3, -0.25) is 9.59 Å². The van der Waals surface area contributed by atoms with Gasteiger partial charge in [-0.1, -0.05) is 6.07 Å². The van der Waals surface area contributed by atoms with Crippen molar-refractivity contribution in [2.75, 3.05) is 20.9 Å². The van der Waals surface area contributed by atoms with Gasteiger partial charge in [0.2, 0.25) is 12.7 Å². The molecule has 6 heteroatoms. The molecule has 1 atom stereocenters. The molecule has 126 valence electrons. The number of carbonyl (C=O) groups is 2. The molecule has 2 heterocycles. The van der Waals surface area contributed by atoms with Crippen molar-refractivity contribution < 1.29 is 19.1 Å². The number of allylic oxidation sites excluding steroid dienone is 2. The maximum Gasteiger partial charge on any atom is 0.242 e. The van der Waals surface area contributed by atoms with Gasteiger partial charge < -0.3 is 9.47 Å². The minimum absolute atomic E-state index is 0.0242. The van der Waals surface area contributed by atoms with Gasteiger partial charge in [-0.2, -0.15) is 0 Å². The van der Waals surface area contributed by atoms with Crippen molar-refractivity contribution in [3.8, 4) is 11.5 Å². The number of nitrogens with zero attached hydrogens (tertiary/aromatic N) is 2. The van der Waals surface area contributed by atoms with Crippen LogP contribution in [0.15, 0.2) is 29.5 Å². The third-order valence-corrected chi connectivity index (χ3v) is 4.85. The number of benzene rings is 1. The highest BCUT2D eigenvalue weighted by molar-refractivity contribution is 6.01. The van der Waals surface area contributed by atoms with Gasteiger partial charge in [0.1, 0.15) is 0 Å². The van der Waals surface area contributed by atoms with Crippen LogP contribution in [0.25, 0.3) is 0 Å². The molecule has 0 saturated heterocycles. The van der Waals surface area contributed by atoms with Gasteiger partial charge in [-0.15, -0.1) is 0 Å². The van der Waals surface area contributed by atoms with Gasteiger partial charge >= 0.3 is 0 Å². The van der Waals surface area contributed by atoms with Crippen molar-refractivity contribution in [1.29, 1.82) is 0 Å². The number of hydrogen-bond acceptors (Lipinski definition) is 5. The molecule has 0 saturated carbocycles. The van der Waals surface area contributed by atoms with Crippen LogP contribution in [0.3, 0.4) is 0 Å². The molecule has 0 unspecified atom stereocenters. The number of hydrogen-bond donors (Lipinski definition) is 0. The lowest BCUT2D eigenvalue weighted by Crippen LogP contribution is -2.47. The van der Waals surface area contributed by atoms with E-state index in [2.05, 4.69) is 0 Å². The van der Waals surface area contributed by atoms with Crippen LogP contribution >= 0.6 is 0 Å². The summed E-state index contributed by atoms with van der Waals surface area (Å²) in [5, 5.41) is 3.43. The van der Waals surface area contributed by atoms with E-state index in [9.17, 15) is 9.59 Å². The quantitative estimate of drug-likeness (QED) is 0.833. The van der Waals surface area contributed by atoms with E-state index in [1.165, 1.54) is 0 Å². The summed E-state index contributed by atoms with van der Waals surface area (Å²) in [5.74, 6) is 1.36. The second-order valence-corrected chi connectivity index (χ2v) is 6.56. The van der Waals surface area contributed by atoms with E-state index in [1.807, 2.05) is 32.3 Å². The SMILES string of the molecule is CN(C)N1C(=O)C[C@@H](c2ccc3c(c2)OCO3)C2=C1CCCC2=O. The summed E-state index contributed by atoms with van der Waals surface area (Å²) in [7, 11) is 3.67. The summed E-state index contributed by atoms with van der Waals surface area (Å²) in [6.45, 7) is 0.212. The van der Waals surface area contributed by atoms with Crippen molar-refractivity contribution in [3.05, 3.63) is 35.0 Å². The molecule has 6 nitrogen and oxygen atoms in total. The molecule has 1 amide bonds. The summed E-state index contributed by atoms with van der Waals surface area (Å²) in [6.07, 6.45) is 2.40. The Labute approximate surface area is 140 Å². The topological polar surface area (TPSA) is 59.1 Å². The predicted molar refractivity (Wildman–Crippen MR) is 86.3 cm³/mol. The van der Waals surface area contributed by atoms with Gasteiger partial charge in [-0.25, -0.2) is 10.0 Å². The Morgan fingerprint density at radius 2 is 1.92 bits per heavy atom. The van der Waals surface area contributed by atoms with Crippen LogP contribution in [-0.2, 0) is 9.59 Å². The zero-order valence-electron chi connectivity index (χ0n) is 13.9. The fourth-order valence-electron chi connectivity index (χ4n) is 3.85. The number of ketones is 1. The van der Waals surface area contributed by atoms with Gasteiger partial charge in [0.25, 0.3) is 0 Å². The highest BCUT2D eigenvalue weighted by Crippen LogP contribution is 2.44. The van der Waals surface area contributed by atoms with E-state index < -0.39 is 0 Å². The molecule has 0 spiro atoms. The molecule has 4 rings (SSSR count). The largest absolute Gasteiger partial charge is 0.454 e. The summed E-state index contributed by atoms with van der Waals surface area (Å²) in [5.41, 5.74) is 2.58. The first kappa shape index (κ1) is 15.2. The Morgan fingerprint density at radius 1 is 1.12 bits per heavy atom. The summed E-state index contributed by atoms with van der Waals surface area (Å²) < 4.78 is 10.8. The third-order valence-electron chi connectivity index (χ3n) is 4.85. The Hall–Kier alpha value is -2.34. The molecule has 0 aromatic heterocycles. The lowest BCUT2D eigenvalue weighted by atomic mass is 9.77. The monoisotopic (exact) mass is 328 g/mol. The summed E-state index contributed by atoms with van der Waals surface area (Å²) in [4.78, 5) is 25.3. The lowest BCUT2D eigenvalue weighted by molar-refractivity contribution is -0.143. The number of fused-ring (bicyclic) bond motifs is 1. The highest BCUT2D eigenvalue weighted by atomic mass is 16.7. The molecule has 0 bridgehead atoms. The molecular formula is C18H20N2O4. The molecular weight excluding hydrogens is 308 g/mol. The van der Waals surface area contributed by atoms with Gasteiger partial charge in [0, 0.05) is 44.1 Å². The maximum absolute atomic E-state index is 12.7. The number of carbonyl (C=O) groups excluding carboxylic acids is 2. The van der Waals surface area contributed by atoms with Crippen LogP contribution in [-0.4, -0.2) is 42.6 Å². The first-order chi connectivity index (χ1) is 11.6. The summed E-state index contributed by atoms with van der Waals surface area (Å²) >= 11 is 0. The van der Waals surface area contributed by atoms with Crippen molar-refractivity contribution in [1.82, 2.24) is 10.0 Å². The lowest BCUT2D eigenvalue weighted by Gasteiger charge is -2.41. The molecule has 1 aliphatic carbocycles. The van der Waals surface area contributed by atoms with Crippen molar-refractivity contribution in [2.24, 2.45) is 0 Å². The Balaban J connectivity index is 1.81. The van der Waals surface area contributed by atoms with E-state index >= 15 is 0 Å². The number of Topliss-reactive ketones (excluding diaryl/α,β-unsaturated/α-hetero) is 1. The average molecular weight is 328 g/mol. The Kier molecular flexibility index (Phi) is 3.57. The van der Waals surface area contributed by atoms with Crippen molar-refractivity contribution in [3.63, 3.8) is 0 Å². The molecule has 24 heavy (non-hydrogen) atoms. The van der Waals surface area contributed by atoms with Crippen LogP contribution in [0.5, 0.6) is 11.5 Å². The van der Waals surface area contributed by atoms with E-state index in [0.29, 0.717) is 24.3 Å². The smallest absolute Gasteiger partial charge is 0.242 e. The van der Waals surface area contributed by atoms with Crippen LogP contribution in [0.2, 0.25) is 0 Å². The van der Waals surface area contributed by atoms with Gasteiger partial charge in [0.05, 0.1) is 0 Å². The Morgan fingerprint density at radius 3 is 2.71 bits per heavy atom. The zero-order chi connectivity index (χ0) is 16.8. The van der Waals surface area contributed by atoms with Crippen LogP contribution in [0.4, 0.5) is 0 Å². The molecule has 3 aliphatic rings. The third kappa shape index (κ3) is 2.29. The average Bonchev–Trinajstić information content (AvgIpc) is 3.01. The minimum atomic E-state index is -0.203. The summed E-state index contributed by atoms with van der Waals surface area (Å²) in [6, 6.07) is 5.69. The second-order valence-electron chi connectivity index (χ2n) is 6.56. The minimum Gasteiger partial charge on any atom is -0.454 e. The predicted octanol–water partition coefficient (Wildman–Crippen LogP) is 2.21. The van der Waals surface area contributed by atoms with Crippen molar-refractivity contribution >= 4 is 11.7 Å². The highest BCUT2D eigenvalue weighted by Gasteiger charge is 2.40. The molecule has 0 fully saturated rings. The molecule has 2 aliphatic heterocycles. The number of rotatable bonds is 2. The number of ether oxygens (including phenoxy) is 2.